The molecule has 0 spiro atoms. The molecule has 0 fully saturated rings. The van der Waals surface area contributed by atoms with E-state index in [1.54, 1.807) is 61.0 Å². The van der Waals surface area contributed by atoms with Crippen LogP contribution in [-0.2, 0) is 26.6 Å². The Hall–Kier alpha value is -4.27. The van der Waals surface area contributed by atoms with Gasteiger partial charge >= 0.3 is 29.5 Å². The van der Waals surface area contributed by atoms with Gasteiger partial charge in [0.15, 0.2) is 23.0 Å². The minimum atomic E-state index is -2.73. The lowest BCUT2D eigenvalue weighted by molar-refractivity contribution is 0.0687. The molecule has 0 saturated heterocycles. The van der Waals surface area contributed by atoms with Gasteiger partial charge in [0.05, 0.1) is 25.3 Å². The first-order chi connectivity index (χ1) is 28.2. The summed E-state index contributed by atoms with van der Waals surface area (Å²) in [6, 6.07) is 17.7. The van der Waals surface area contributed by atoms with Crippen LogP contribution in [0.25, 0.3) is 0 Å². The zero-order chi connectivity index (χ0) is 42.2. The van der Waals surface area contributed by atoms with Crippen molar-refractivity contribution in [2.45, 2.75) is 66.5 Å². The lowest BCUT2D eigenvalue weighted by Gasteiger charge is -2.28. The minimum absolute atomic E-state index is 0.0128. The van der Waals surface area contributed by atoms with Crippen molar-refractivity contribution in [2.24, 2.45) is 9.98 Å². The molecule has 0 atom stereocenters. The predicted molar refractivity (Wildman–Crippen MR) is 227 cm³/mol. The van der Waals surface area contributed by atoms with E-state index < -0.39 is 29.5 Å². The maximum atomic E-state index is 13.5. The molecule has 0 bridgehead atoms. The highest BCUT2D eigenvalue weighted by molar-refractivity contribution is 6.61. The van der Waals surface area contributed by atoms with Crippen molar-refractivity contribution < 1.29 is 55.1 Å². The molecule has 0 aliphatic rings. The lowest BCUT2D eigenvalue weighted by atomic mass is 10.1. The zero-order valence-electron chi connectivity index (χ0n) is 35.2. The third-order valence-corrected chi connectivity index (χ3v) is 14.7. The van der Waals surface area contributed by atoms with Crippen LogP contribution >= 0.6 is 0 Å². The Morgan fingerprint density at radius 3 is 1.17 bits per heavy atom. The molecule has 0 unspecified atom stereocenters. The highest BCUT2D eigenvalue weighted by atomic mass is 28.4. The second-order valence-corrected chi connectivity index (χ2v) is 17.9. The Kier molecular flexibility index (Phi) is 21.5. The van der Waals surface area contributed by atoms with E-state index in [0.717, 1.165) is 24.0 Å². The van der Waals surface area contributed by atoms with Gasteiger partial charge in [0, 0.05) is 77.2 Å². The smallest absolute Gasteiger partial charge is 0.493 e. The summed E-state index contributed by atoms with van der Waals surface area (Å²) in [5.74, 6) is -0.547. The summed E-state index contributed by atoms with van der Waals surface area (Å²) in [7, 11) is -2.51. The van der Waals surface area contributed by atoms with Crippen LogP contribution in [0.4, 0.5) is 0 Å². The molecule has 318 valence electrons. The van der Waals surface area contributed by atoms with Crippen molar-refractivity contribution in [3.63, 3.8) is 0 Å². The second kappa shape index (κ2) is 26.0. The minimum Gasteiger partial charge on any atom is -0.493 e. The molecule has 58 heavy (non-hydrogen) atoms. The van der Waals surface area contributed by atoms with Crippen molar-refractivity contribution in [1.29, 1.82) is 0 Å². The first kappa shape index (κ1) is 48.1. The molecule has 0 saturated carbocycles. The maximum Gasteiger partial charge on any atom is 0.500 e. The summed E-state index contributed by atoms with van der Waals surface area (Å²) in [5, 5.41) is 0. The molecule has 16 heteroatoms. The molecule has 3 rings (SSSR count). The van der Waals surface area contributed by atoms with Gasteiger partial charge in [-0.25, -0.2) is 9.59 Å². The fraction of sp³-hybridized carbons (Fsp3) is 0.476. The molecule has 0 amide bonds. The molecule has 3 aromatic rings. The first-order valence-electron chi connectivity index (χ1n) is 19.9. The van der Waals surface area contributed by atoms with Gasteiger partial charge in [-0.3, -0.25) is 9.98 Å². The molecule has 0 heterocycles. The van der Waals surface area contributed by atoms with Crippen molar-refractivity contribution in [2.75, 3.05) is 67.0 Å². The average Bonchev–Trinajstić information content (AvgIpc) is 3.22. The summed E-state index contributed by atoms with van der Waals surface area (Å²) in [6.45, 7) is 15.8. The number of hydrogen-bond acceptors (Lipinski definition) is 14. The van der Waals surface area contributed by atoms with E-state index >= 15 is 0 Å². The topological polar surface area (TPSA) is 151 Å². The molecule has 0 aliphatic heterocycles. The van der Waals surface area contributed by atoms with Gasteiger partial charge in [-0.2, -0.15) is 0 Å². The second-order valence-electron chi connectivity index (χ2n) is 12.4. The van der Waals surface area contributed by atoms with Crippen molar-refractivity contribution >= 4 is 42.0 Å². The number of ether oxygens (including phenoxy) is 4. The fourth-order valence-electron chi connectivity index (χ4n) is 5.96. The Balaban J connectivity index is 1.65. The number of rotatable bonds is 28. The third kappa shape index (κ3) is 14.8. The Labute approximate surface area is 345 Å². The van der Waals surface area contributed by atoms with Gasteiger partial charge in [-0.05, 0) is 114 Å². The predicted octanol–water partition coefficient (Wildman–Crippen LogP) is 7.86. The van der Waals surface area contributed by atoms with Crippen molar-refractivity contribution in [3.8, 4) is 23.0 Å². The summed E-state index contributed by atoms with van der Waals surface area (Å²) < 4.78 is 58.1. The van der Waals surface area contributed by atoms with E-state index in [1.807, 2.05) is 41.5 Å². The summed E-state index contributed by atoms with van der Waals surface area (Å²) in [4.78, 5) is 36.1. The summed E-state index contributed by atoms with van der Waals surface area (Å²) in [6.07, 6.45) is 4.91. The number of hydrogen-bond donors (Lipinski definition) is 0. The number of carbonyl (C=O) groups excluding carboxylic acids is 2. The highest BCUT2D eigenvalue weighted by Gasteiger charge is 2.40. The first-order valence-corrected chi connectivity index (χ1v) is 23.7. The monoisotopic (exact) mass is 840 g/mol. The zero-order valence-corrected chi connectivity index (χ0v) is 37.2. The average molecular weight is 841 g/mol. The molecule has 14 nitrogen and oxygen atoms in total. The van der Waals surface area contributed by atoms with E-state index in [1.165, 1.54) is 26.4 Å². The van der Waals surface area contributed by atoms with E-state index in [2.05, 4.69) is 9.98 Å². The van der Waals surface area contributed by atoms with Crippen LogP contribution in [0.1, 0.15) is 86.2 Å². The Morgan fingerprint density at radius 1 is 0.517 bits per heavy atom. The van der Waals surface area contributed by atoms with Crippen LogP contribution in [0.3, 0.4) is 0 Å². The van der Waals surface area contributed by atoms with Gasteiger partial charge in [-0.15, -0.1) is 0 Å². The van der Waals surface area contributed by atoms with E-state index in [4.69, 9.17) is 45.5 Å². The van der Waals surface area contributed by atoms with Crippen molar-refractivity contribution in [1.82, 2.24) is 0 Å². The maximum absolute atomic E-state index is 13.5. The number of carbonyl (C=O) groups is 2. The fourth-order valence-corrected chi connectivity index (χ4v) is 11.1. The van der Waals surface area contributed by atoms with Gasteiger partial charge in [0.1, 0.15) is 0 Å². The van der Waals surface area contributed by atoms with E-state index in [-0.39, 0.29) is 22.6 Å². The van der Waals surface area contributed by atoms with Crippen LogP contribution in [-0.4, -0.2) is 109 Å². The summed E-state index contributed by atoms with van der Waals surface area (Å²) >= 11 is 0. The van der Waals surface area contributed by atoms with E-state index in [9.17, 15) is 9.59 Å². The molecule has 0 N–H and O–H groups in total. The number of nitrogens with zero attached hydrogens (tertiary/aromatic N) is 2. The number of benzene rings is 3. The molecule has 3 aromatic carbocycles. The Bertz CT molecular complexity index is 1610. The largest absolute Gasteiger partial charge is 0.500 e. The van der Waals surface area contributed by atoms with Crippen LogP contribution in [0.5, 0.6) is 23.0 Å². The quantitative estimate of drug-likeness (QED) is 0.0230. The highest BCUT2D eigenvalue weighted by Crippen LogP contribution is 2.31. The van der Waals surface area contributed by atoms with Gasteiger partial charge in [0.2, 0.25) is 0 Å². The third-order valence-electron chi connectivity index (χ3n) is 8.35. The number of esters is 2. The number of aliphatic imine (C=N–C) groups is 2. The standard InChI is InChI=1S/C42H60N2O12Si2/c1-9-49-57(50-10-2,51-11-3)27-17-25-43-31-33-21-23-37(39(29-33)47-7)55-41(45)35-19-15-16-20-36(35)42(46)56-38-24-22-34(30-40(38)48-8)32-44-26-18-28-58(52-12-4,53-13-5)54-14-6/h15-16,19-24,29-32H,9-14,17-18,25-28H2,1-8H3/b43-31+,44-32+. The molecular weight excluding hydrogens is 781 g/mol. The lowest BCUT2D eigenvalue weighted by Crippen LogP contribution is -2.46. The summed E-state index contributed by atoms with van der Waals surface area (Å²) in [5.41, 5.74) is 1.53. The molecule has 0 aromatic heterocycles. The normalized spacial score (nSPS) is 12.0. The van der Waals surface area contributed by atoms with E-state index in [0.29, 0.717) is 76.3 Å². The van der Waals surface area contributed by atoms with Gasteiger partial charge in [0.25, 0.3) is 0 Å². The van der Waals surface area contributed by atoms with Crippen LogP contribution in [0.2, 0.25) is 12.1 Å². The molecule has 0 radical (unpaired) electrons. The molecule has 0 aliphatic carbocycles. The van der Waals surface area contributed by atoms with Crippen LogP contribution in [0.15, 0.2) is 70.6 Å². The Morgan fingerprint density at radius 2 is 0.862 bits per heavy atom. The van der Waals surface area contributed by atoms with Gasteiger partial charge < -0.3 is 45.5 Å². The van der Waals surface area contributed by atoms with Gasteiger partial charge in [-0.1, -0.05) is 12.1 Å². The molecular formula is C42H60N2O12Si2. The SMILES string of the molecule is CCO[Si](CCC/N=C/c1ccc(OC(=O)c2ccccc2C(=O)Oc2ccc(/C=N/CCC[Si](OCC)(OCC)OCC)cc2OC)c(OC)c1)(OCC)OCC. The number of methoxy groups -OCH3 is 2. The van der Waals surface area contributed by atoms with Crippen LogP contribution < -0.4 is 18.9 Å². The van der Waals surface area contributed by atoms with Crippen molar-refractivity contribution in [3.05, 3.63) is 82.9 Å². The van der Waals surface area contributed by atoms with Crippen LogP contribution in [0, 0.1) is 0 Å².